The van der Waals surface area contributed by atoms with Crippen molar-refractivity contribution in [1.82, 2.24) is 15.5 Å². The Labute approximate surface area is 214 Å². The number of piperidine rings is 2. The molecule has 192 valence electrons. The molecular formula is C30H39N3O3. The summed E-state index contributed by atoms with van der Waals surface area (Å²) in [6.07, 6.45) is 2.06. The highest BCUT2D eigenvalue weighted by atomic mass is 16.6. The fourth-order valence-electron chi connectivity index (χ4n) is 6.83. The van der Waals surface area contributed by atoms with E-state index in [9.17, 15) is 9.59 Å². The second-order valence-corrected chi connectivity index (χ2v) is 11.8. The number of ether oxygens (including phenoxy) is 1. The average Bonchev–Trinajstić information content (AvgIpc) is 3.16. The minimum Gasteiger partial charge on any atom is -0.460 e. The number of esters is 1. The molecule has 0 radical (unpaired) electrons. The molecule has 3 saturated heterocycles. The van der Waals surface area contributed by atoms with E-state index in [-0.39, 0.29) is 23.8 Å². The van der Waals surface area contributed by atoms with Crippen LogP contribution in [-0.2, 0) is 27.3 Å². The van der Waals surface area contributed by atoms with E-state index in [1.54, 1.807) is 0 Å². The fraction of sp³-hybridized carbons (Fsp3) is 0.533. The fourth-order valence-corrected chi connectivity index (χ4v) is 6.83. The Balaban J connectivity index is 1.37. The van der Waals surface area contributed by atoms with Crippen LogP contribution in [0.2, 0.25) is 0 Å². The molecule has 1 saturated carbocycles. The first-order valence-electron chi connectivity index (χ1n) is 13.3. The summed E-state index contributed by atoms with van der Waals surface area (Å²) >= 11 is 0. The molecule has 4 aliphatic rings. The minimum absolute atomic E-state index is 0.106. The number of rotatable bonds is 8. The van der Waals surface area contributed by atoms with E-state index in [1.807, 2.05) is 57.2 Å². The predicted octanol–water partition coefficient (Wildman–Crippen LogP) is 3.56. The quantitative estimate of drug-likeness (QED) is 0.555. The summed E-state index contributed by atoms with van der Waals surface area (Å²) in [5.74, 6) is 1.05. The predicted molar refractivity (Wildman–Crippen MR) is 140 cm³/mol. The first-order valence-corrected chi connectivity index (χ1v) is 13.3. The van der Waals surface area contributed by atoms with Gasteiger partial charge in [-0.15, -0.1) is 0 Å². The van der Waals surface area contributed by atoms with Crippen molar-refractivity contribution < 1.29 is 14.3 Å². The van der Waals surface area contributed by atoms with Gasteiger partial charge < -0.3 is 15.4 Å². The first kappa shape index (κ1) is 25.0. The summed E-state index contributed by atoms with van der Waals surface area (Å²) in [7, 11) is 0. The number of carbonyl (C=O) groups excluding carboxylic acids is 2. The van der Waals surface area contributed by atoms with E-state index in [4.69, 9.17) is 4.74 Å². The molecule has 6 nitrogen and oxygen atoms in total. The zero-order chi connectivity index (χ0) is 25.3. The van der Waals surface area contributed by atoms with Crippen molar-refractivity contribution in [3.8, 4) is 0 Å². The van der Waals surface area contributed by atoms with Gasteiger partial charge in [0.25, 0.3) is 0 Å². The molecule has 0 spiro atoms. The van der Waals surface area contributed by atoms with Crippen LogP contribution in [0.1, 0.15) is 44.7 Å². The van der Waals surface area contributed by atoms with Gasteiger partial charge in [-0.25, -0.2) is 0 Å². The molecule has 1 amide bonds. The van der Waals surface area contributed by atoms with Crippen molar-refractivity contribution in [2.45, 2.75) is 63.8 Å². The van der Waals surface area contributed by atoms with Gasteiger partial charge in [-0.2, -0.15) is 0 Å². The molecule has 3 heterocycles. The van der Waals surface area contributed by atoms with Gasteiger partial charge >= 0.3 is 5.97 Å². The normalized spacial score (nSPS) is 29.2. The van der Waals surface area contributed by atoms with Crippen LogP contribution in [0, 0.1) is 17.8 Å². The van der Waals surface area contributed by atoms with Crippen molar-refractivity contribution in [3.63, 3.8) is 0 Å². The van der Waals surface area contributed by atoms with Crippen molar-refractivity contribution in [2.75, 3.05) is 19.6 Å². The zero-order valence-corrected chi connectivity index (χ0v) is 21.7. The lowest BCUT2D eigenvalue weighted by molar-refractivity contribution is -0.155. The van der Waals surface area contributed by atoms with Crippen molar-refractivity contribution in [3.05, 3.63) is 71.8 Å². The molecule has 36 heavy (non-hydrogen) atoms. The first-order chi connectivity index (χ1) is 17.2. The third kappa shape index (κ3) is 5.07. The zero-order valence-electron chi connectivity index (χ0n) is 21.7. The van der Waals surface area contributed by atoms with E-state index in [0.717, 1.165) is 31.5 Å². The lowest BCUT2D eigenvalue weighted by atomic mass is 9.58. The Kier molecular flexibility index (Phi) is 6.92. The Hall–Kier alpha value is -2.70. The number of hydrogen-bond acceptors (Lipinski definition) is 5. The van der Waals surface area contributed by atoms with Crippen LogP contribution in [0.4, 0.5) is 0 Å². The van der Waals surface area contributed by atoms with Crippen LogP contribution in [0.15, 0.2) is 60.7 Å². The number of nitrogens with zero attached hydrogens (tertiary/aromatic N) is 1. The maximum Gasteiger partial charge on any atom is 0.307 e. The number of amides is 1. The smallest absolute Gasteiger partial charge is 0.307 e. The molecule has 0 aromatic heterocycles. The van der Waals surface area contributed by atoms with E-state index < -0.39 is 11.1 Å². The molecule has 4 bridgehead atoms. The number of benzene rings is 2. The number of likely N-dealkylation sites (tertiary alicyclic amines) is 1. The second-order valence-electron chi connectivity index (χ2n) is 11.8. The summed E-state index contributed by atoms with van der Waals surface area (Å²) < 4.78 is 5.58. The highest BCUT2D eigenvalue weighted by molar-refractivity contribution is 5.87. The summed E-state index contributed by atoms with van der Waals surface area (Å²) in [5.41, 5.74) is 1.28. The Morgan fingerprint density at radius 2 is 1.72 bits per heavy atom. The van der Waals surface area contributed by atoms with Gasteiger partial charge in [0.05, 0.1) is 6.42 Å². The van der Waals surface area contributed by atoms with Gasteiger partial charge in [-0.05, 0) is 56.6 Å². The van der Waals surface area contributed by atoms with Gasteiger partial charge in [0.2, 0.25) is 5.91 Å². The van der Waals surface area contributed by atoms with Gasteiger partial charge in [0.15, 0.2) is 0 Å². The van der Waals surface area contributed by atoms with Crippen molar-refractivity contribution in [2.24, 2.45) is 17.8 Å². The highest BCUT2D eigenvalue weighted by Crippen LogP contribution is 2.52. The standard InChI is InChI=1S/C30H39N3O3/c1-29(2,3)36-26(34)14-15-33-20-23-17-30(28(35)31-18-22-12-8-5-9-13-22)25(27(33)24(23)19-32-30)16-21-10-6-4-7-11-21/h4-13,23-25,27,32H,14-20H2,1-3H3,(H,31,35). The molecule has 5 atom stereocenters. The van der Waals surface area contributed by atoms with E-state index in [2.05, 4.69) is 39.8 Å². The second kappa shape index (κ2) is 9.98. The molecule has 6 rings (SSSR count). The third-order valence-corrected chi connectivity index (χ3v) is 8.24. The molecule has 5 unspecified atom stereocenters. The molecule has 1 aliphatic carbocycles. The minimum atomic E-state index is -0.602. The number of fused-ring (bicyclic) bond motifs is 1. The maximum absolute atomic E-state index is 13.9. The van der Waals surface area contributed by atoms with E-state index >= 15 is 0 Å². The molecule has 6 heteroatoms. The van der Waals surface area contributed by atoms with Crippen LogP contribution in [0.5, 0.6) is 0 Å². The average molecular weight is 490 g/mol. The Morgan fingerprint density at radius 3 is 2.39 bits per heavy atom. The van der Waals surface area contributed by atoms with Gasteiger partial charge in [-0.3, -0.25) is 14.5 Å². The van der Waals surface area contributed by atoms with E-state index in [0.29, 0.717) is 31.3 Å². The SMILES string of the molecule is CC(C)(C)OC(=O)CCN1CC2CC3(C(=O)NCc4ccccc4)NCC2C1C3Cc1ccccc1. The summed E-state index contributed by atoms with van der Waals surface area (Å²) in [6, 6.07) is 20.9. The summed E-state index contributed by atoms with van der Waals surface area (Å²) in [6.45, 7) is 8.73. The summed E-state index contributed by atoms with van der Waals surface area (Å²) in [5, 5.41) is 6.99. The lowest BCUT2D eigenvalue weighted by Crippen LogP contribution is -2.74. The largest absolute Gasteiger partial charge is 0.460 e. The monoisotopic (exact) mass is 489 g/mol. The number of nitrogens with one attached hydrogen (secondary N) is 2. The van der Waals surface area contributed by atoms with Crippen molar-refractivity contribution >= 4 is 11.9 Å². The lowest BCUT2D eigenvalue weighted by Gasteiger charge is -2.56. The molecule has 2 N–H and O–H groups in total. The number of hydrogen-bond donors (Lipinski definition) is 2. The summed E-state index contributed by atoms with van der Waals surface area (Å²) in [4.78, 5) is 28.9. The van der Waals surface area contributed by atoms with Crippen LogP contribution < -0.4 is 10.6 Å². The van der Waals surface area contributed by atoms with Gasteiger partial charge in [-0.1, -0.05) is 60.7 Å². The van der Waals surface area contributed by atoms with Crippen LogP contribution in [-0.4, -0.2) is 53.6 Å². The van der Waals surface area contributed by atoms with Crippen LogP contribution in [0.3, 0.4) is 0 Å². The van der Waals surface area contributed by atoms with Crippen LogP contribution in [0.25, 0.3) is 0 Å². The maximum atomic E-state index is 13.9. The number of carbonyl (C=O) groups is 2. The van der Waals surface area contributed by atoms with E-state index in [1.165, 1.54) is 5.56 Å². The van der Waals surface area contributed by atoms with Crippen LogP contribution >= 0.6 is 0 Å². The molecular weight excluding hydrogens is 450 g/mol. The topological polar surface area (TPSA) is 70.7 Å². The third-order valence-electron chi connectivity index (χ3n) is 8.24. The Morgan fingerprint density at radius 1 is 1.06 bits per heavy atom. The Bertz CT molecular complexity index is 1070. The molecule has 2 aromatic rings. The van der Waals surface area contributed by atoms with Gasteiger partial charge in [0, 0.05) is 38.1 Å². The highest BCUT2D eigenvalue weighted by Gasteiger charge is 2.64. The molecule has 3 aliphatic heterocycles. The molecule has 2 aromatic carbocycles. The van der Waals surface area contributed by atoms with Gasteiger partial charge in [0.1, 0.15) is 11.1 Å². The molecule has 4 fully saturated rings. The van der Waals surface area contributed by atoms with Crippen molar-refractivity contribution in [1.29, 1.82) is 0 Å².